The SMILES string of the molecule is Cc1ccc(N(CC(=O)Nc2ccc(N3CCCC3=O)c(C)c2)S(=O)(=O)c2ccc(C)cc2)cc1. The molecule has 1 saturated heterocycles. The van der Waals surface area contributed by atoms with Crippen molar-refractivity contribution < 1.29 is 18.0 Å². The number of nitrogens with zero attached hydrogens (tertiary/aromatic N) is 2. The molecule has 0 aliphatic carbocycles. The summed E-state index contributed by atoms with van der Waals surface area (Å²) in [7, 11) is -3.97. The molecule has 1 N–H and O–H groups in total. The standard InChI is InChI=1S/C27H29N3O4S/c1-19-6-11-23(12-7-19)30(35(33,34)24-13-8-20(2)9-14-24)18-26(31)28-22-10-15-25(21(3)17-22)29-16-4-5-27(29)32/h6-15,17H,4-5,16,18H2,1-3H3,(H,28,31). The molecule has 1 aliphatic heterocycles. The minimum absolute atomic E-state index is 0.0972. The largest absolute Gasteiger partial charge is 0.325 e. The lowest BCUT2D eigenvalue weighted by atomic mass is 10.1. The van der Waals surface area contributed by atoms with Crippen LogP contribution in [0.5, 0.6) is 0 Å². The third kappa shape index (κ3) is 5.38. The van der Waals surface area contributed by atoms with Crippen LogP contribution in [0.3, 0.4) is 0 Å². The molecule has 1 heterocycles. The Morgan fingerprint density at radius 1 is 0.943 bits per heavy atom. The lowest BCUT2D eigenvalue weighted by Crippen LogP contribution is -2.38. The summed E-state index contributed by atoms with van der Waals surface area (Å²) in [5.74, 6) is -0.370. The molecule has 7 nitrogen and oxygen atoms in total. The van der Waals surface area contributed by atoms with Crippen LogP contribution in [0.2, 0.25) is 0 Å². The highest BCUT2D eigenvalue weighted by molar-refractivity contribution is 7.92. The van der Waals surface area contributed by atoms with Crippen LogP contribution in [0.1, 0.15) is 29.5 Å². The topological polar surface area (TPSA) is 86.8 Å². The van der Waals surface area contributed by atoms with Gasteiger partial charge in [0.2, 0.25) is 11.8 Å². The molecule has 3 aromatic carbocycles. The zero-order valence-corrected chi connectivity index (χ0v) is 20.9. The number of benzene rings is 3. The summed E-state index contributed by atoms with van der Waals surface area (Å²) in [5, 5.41) is 2.81. The van der Waals surface area contributed by atoms with Crippen molar-refractivity contribution >= 4 is 38.9 Å². The maximum atomic E-state index is 13.5. The molecular formula is C27H29N3O4S. The average molecular weight is 492 g/mol. The van der Waals surface area contributed by atoms with Gasteiger partial charge >= 0.3 is 0 Å². The molecule has 0 saturated carbocycles. The highest BCUT2D eigenvalue weighted by atomic mass is 32.2. The van der Waals surface area contributed by atoms with E-state index >= 15 is 0 Å². The fourth-order valence-corrected chi connectivity index (χ4v) is 5.55. The molecule has 0 spiro atoms. The van der Waals surface area contributed by atoms with E-state index in [1.165, 1.54) is 0 Å². The van der Waals surface area contributed by atoms with Gasteiger partial charge in [-0.2, -0.15) is 0 Å². The Morgan fingerprint density at radius 2 is 1.57 bits per heavy atom. The van der Waals surface area contributed by atoms with Gasteiger partial charge in [-0.3, -0.25) is 13.9 Å². The number of nitrogens with one attached hydrogen (secondary N) is 1. The van der Waals surface area contributed by atoms with Gasteiger partial charge in [0.1, 0.15) is 6.54 Å². The molecule has 1 fully saturated rings. The predicted octanol–water partition coefficient (Wildman–Crippen LogP) is 4.57. The van der Waals surface area contributed by atoms with Crippen molar-refractivity contribution in [1.29, 1.82) is 0 Å². The number of anilines is 3. The second kappa shape index (κ2) is 9.92. The molecule has 3 aromatic rings. The van der Waals surface area contributed by atoms with Gasteiger partial charge in [-0.1, -0.05) is 35.4 Å². The van der Waals surface area contributed by atoms with Gasteiger partial charge in [0, 0.05) is 24.3 Å². The van der Waals surface area contributed by atoms with Crippen LogP contribution in [-0.2, 0) is 19.6 Å². The Bertz CT molecular complexity index is 1350. The van der Waals surface area contributed by atoms with Gasteiger partial charge in [0.05, 0.1) is 10.6 Å². The lowest BCUT2D eigenvalue weighted by molar-refractivity contribution is -0.117. The third-order valence-electron chi connectivity index (χ3n) is 6.06. The van der Waals surface area contributed by atoms with E-state index in [1.807, 2.05) is 39.0 Å². The Balaban J connectivity index is 1.58. The van der Waals surface area contributed by atoms with E-state index in [2.05, 4.69) is 5.32 Å². The van der Waals surface area contributed by atoms with Crippen LogP contribution < -0.4 is 14.5 Å². The number of carbonyl (C=O) groups excluding carboxylic acids is 2. The summed E-state index contributed by atoms with van der Waals surface area (Å²) >= 11 is 0. The summed E-state index contributed by atoms with van der Waals surface area (Å²) in [6.45, 7) is 5.99. The van der Waals surface area contributed by atoms with Gasteiger partial charge < -0.3 is 10.2 Å². The van der Waals surface area contributed by atoms with Crippen molar-refractivity contribution in [3.63, 3.8) is 0 Å². The summed E-state index contributed by atoms with van der Waals surface area (Å²) < 4.78 is 28.1. The fourth-order valence-electron chi connectivity index (χ4n) is 4.13. The molecule has 0 unspecified atom stereocenters. The maximum Gasteiger partial charge on any atom is 0.264 e. The van der Waals surface area contributed by atoms with E-state index in [0.717, 1.165) is 33.1 Å². The average Bonchev–Trinajstić information content (AvgIpc) is 3.24. The van der Waals surface area contributed by atoms with Crippen molar-refractivity contribution in [3.8, 4) is 0 Å². The highest BCUT2D eigenvalue weighted by Crippen LogP contribution is 2.28. The second-order valence-electron chi connectivity index (χ2n) is 8.86. The van der Waals surface area contributed by atoms with Gasteiger partial charge in [-0.15, -0.1) is 0 Å². The van der Waals surface area contributed by atoms with Gasteiger partial charge in [-0.05, 0) is 75.2 Å². The minimum Gasteiger partial charge on any atom is -0.325 e. The zero-order valence-electron chi connectivity index (χ0n) is 20.1. The van der Waals surface area contributed by atoms with Gasteiger partial charge in [0.15, 0.2) is 0 Å². The molecule has 8 heteroatoms. The summed E-state index contributed by atoms with van der Waals surface area (Å²) in [6.07, 6.45) is 1.38. The highest BCUT2D eigenvalue weighted by Gasteiger charge is 2.28. The molecule has 1 aliphatic rings. The Morgan fingerprint density at radius 3 is 2.14 bits per heavy atom. The van der Waals surface area contributed by atoms with Crippen LogP contribution >= 0.6 is 0 Å². The molecule has 2 amide bonds. The number of aryl methyl sites for hydroxylation is 3. The summed E-state index contributed by atoms with van der Waals surface area (Å²) in [5.41, 5.74) is 4.57. The van der Waals surface area contributed by atoms with Crippen molar-refractivity contribution in [2.45, 2.75) is 38.5 Å². The number of hydrogen-bond acceptors (Lipinski definition) is 4. The number of sulfonamides is 1. The monoisotopic (exact) mass is 491 g/mol. The van der Waals surface area contributed by atoms with E-state index in [0.29, 0.717) is 24.3 Å². The first-order valence-electron chi connectivity index (χ1n) is 11.5. The van der Waals surface area contributed by atoms with Crippen LogP contribution in [-0.4, -0.2) is 33.3 Å². The van der Waals surface area contributed by atoms with E-state index in [4.69, 9.17) is 0 Å². The van der Waals surface area contributed by atoms with Crippen molar-refractivity contribution in [3.05, 3.63) is 83.4 Å². The molecule has 0 radical (unpaired) electrons. The Labute approximate surface area is 206 Å². The molecule has 0 aromatic heterocycles. The van der Waals surface area contributed by atoms with Crippen LogP contribution in [0, 0.1) is 20.8 Å². The molecule has 182 valence electrons. The molecule has 0 bridgehead atoms. The molecular weight excluding hydrogens is 462 g/mol. The minimum atomic E-state index is -3.97. The molecule has 4 rings (SSSR count). The maximum absolute atomic E-state index is 13.5. The molecule has 35 heavy (non-hydrogen) atoms. The van der Waals surface area contributed by atoms with Gasteiger partial charge in [0.25, 0.3) is 10.0 Å². The third-order valence-corrected chi connectivity index (χ3v) is 7.85. The fraction of sp³-hybridized carbons (Fsp3) is 0.259. The quantitative estimate of drug-likeness (QED) is 0.524. The predicted molar refractivity (Wildman–Crippen MR) is 138 cm³/mol. The van der Waals surface area contributed by atoms with Crippen molar-refractivity contribution in [2.75, 3.05) is 27.6 Å². The summed E-state index contributed by atoms with van der Waals surface area (Å²) in [4.78, 5) is 27.0. The van der Waals surface area contributed by atoms with E-state index < -0.39 is 15.9 Å². The smallest absolute Gasteiger partial charge is 0.264 e. The van der Waals surface area contributed by atoms with E-state index in [9.17, 15) is 18.0 Å². The van der Waals surface area contributed by atoms with E-state index in [1.54, 1.807) is 53.4 Å². The number of hydrogen-bond donors (Lipinski definition) is 1. The summed E-state index contributed by atoms with van der Waals surface area (Å²) in [6, 6.07) is 18.9. The van der Waals surface area contributed by atoms with Crippen LogP contribution in [0.4, 0.5) is 17.1 Å². The second-order valence-corrected chi connectivity index (χ2v) is 10.7. The van der Waals surface area contributed by atoms with E-state index in [-0.39, 0.29) is 17.3 Å². The lowest BCUT2D eigenvalue weighted by Gasteiger charge is -2.24. The zero-order chi connectivity index (χ0) is 25.2. The van der Waals surface area contributed by atoms with Crippen LogP contribution in [0.25, 0.3) is 0 Å². The number of rotatable bonds is 7. The first-order valence-corrected chi connectivity index (χ1v) is 13.0. The Hall–Kier alpha value is -3.65. The van der Waals surface area contributed by atoms with Crippen LogP contribution in [0.15, 0.2) is 71.6 Å². The number of amides is 2. The Kier molecular flexibility index (Phi) is 6.93. The van der Waals surface area contributed by atoms with Crippen molar-refractivity contribution in [1.82, 2.24) is 0 Å². The molecule has 0 atom stereocenters. The normalized spacial score (nSPS) is 13.7. The van der Waals surface area contributed by atoms with Gasteiger partial charge in [-0.25, -0.2) is 8.42 Å². The first kappa shape index (κ1) is 24.5. The number of carbonyl (C=O) groups is 2. The van der Waals surface area contributed by atoms with Crippen molar-refractivity contribution in [2.24, 2.45) is 0 Å². The first-order chi connectivity index (χ1) is 16.6.